The third-order valence-corrected chi connectivity index (χ3v) is 5.12. The molecule has 0 fully saturated rings. The number of nitrogens with zero attached hydrogens (tertiary/aromatic N) is 6. The van der Waals surface area contributed by atoms with E-state index in [0.717, 1.165) is 0 Å². The van der Waals surface area contributed by atoms with Crippen molar-refractivity contribution in [3.05, 3.63) is 67.3 Å². The minimum Gasteiger partial charge on any atom is -0.219 e. The summed E-state index contributed by atoms with van der Waals surface area (Å²) in [6, 6.07) is 7.48. The molecule has 0 amide bonds. The zero-order chi connectivity index (χ0) is 17.0. The first-order valence-electron chi connectivity index (χ1n) is 5.84. The maximum absolute atomic E-state index is 12.6. The number of benzene rings is 2. The Morgan fingerprint density at radius 3 is 1.52 bits per heavy atom. The molecule has 0 radical (unpaired) electrons. The van der Waals surface area contributed by atoms with Gasteiger partial charge < -0.3 is 0 Å². The highest BCUT2D eigenvalue weighted by atomic mass is 35.5. The molecule has 0 unspecified atom stereocenters. The van der Waals surface area contributed by atoms with Crippen molar-refractivity contribution in [1.82, 2.24) is 0 Å². The molecule has 0 heterocycles. The molecule has 2 aromatic rings. The van der Waals surface area contributed by atoms with E-state index in [1.807, 2.05) is 0 Å². The van der Waals surface area contributed by atoms with Crippen molar-refractivity contribution in [3.8, 4) is 0 Å². The first-order chi connectivity index (χ1) is 10.9. The Hall–Kier alpha value is -2.41. The standard InChI is InChI=1S/C12H6Cl2N6O2S/c13-9-5-7(1-3-11(9)17-19-15)23(21,22)8-2-4-12(18-20-16)10(14)6-8/h1-6H. The van der Waals surface area contributed by atoms with Crippen LogP contribution in [0.4, 0.5) is 11.4 Å². The monoisotopic (exact) mass is 368 g/mol. The molecule has 2 aromatic carbocycles. The van der Waals surface area contributed by atoms with E-state index < -0.39 is 9.84 Å². The molecule has 0 atom stereocenters. The van der Waals surface area contributed by atoms with Crippen LogP contribution in [0.25, 0.3) is 20.9 Å². The molecule has 0 N–H and O–H groups in total. The van der Waals surface area contributed by atoms with Crippen molar-refractivity contribution in [2.75, 3.05) is 0 Å². The van der Waals surface area contributed by atoms with Gasteiger partial charge in [0.2, 0.25) is 9.84 Å². The van der Waals surface area contributed by atoms with Gasteiger partial charge in [-0.15, -0.1) is 0 Å². The number of hydrogen-bond acceptors (Lipinski definition) is 4. The minimum atomic E-state index is -3.89. The zero-order valence-corrected chi connectivity index (χ0v) is 13.5. The summed E-state index contributed by atoms with van der Waals surface area (Å²) < 4.78 is 25.1. The van der Waals surface area contributed by atoms with Gasteiger partial charge in [0.05, 0.1) is 31.2 Å². The van der Waals surface area contributed by atoms with Gasteiger partial charge in [0.1, 0.15) is 0 Å². The maximum atomic E-state index is 12.6. The van der Waals surface area contributed by atoms with Crippen molar-refractivity contribution < 1.29 is 8.42 Å². The predicted molar refractivity (Wildman–Crippen MR) is 86.0 cm³/mol. The Balaban J connectivity index is 2.54. The minimum absolute atomic E-state index is 0.000623. The van der Waals surface area contributed by atoms with Crippen LogP contribution in [0.5, 0.6) is 0 Å². The van der Waals surface area contributed by atoms with E-state index in [4.69, 9.17) is 34.3 Å². The Bertz CT molecular complexity index is 906. The van der Waals surface area contributed by atoms with Crippen molar-refractivity contribution in [1.29, 1.82) is 0 Å². The number of halogens is 2. The molecular formula is C12H6Cl2N6O2S. The second-order valence-corrected chi connectivity index (χ2v) is 6.87. The van der Waals surface area contributed by atoms with Crippen molar-refractivity contribution in [2.45, 2.75) is 9.79 Å². The van der Waals surface area contributed by atoms with Gasteiger partial charge in [-0.2, -0.15) is 0 Å². The molecule has 0 saturated carbocycles. The van der Waals surface area contributed by atoms with Gasteiger partial charge in [0, 0.05) is 9.82 Å². The Kier molecular flexibility index (Phi) is 5.00. The van der Waals surface area contributed by atoms with Gasteiger partial charge in [-0.1, -0.05) is 33.4 Å². The fourth-order valence-corrected chi connectivity index (χ4v) is 3.58. The van der Waals surface area contributed by atoms with Crippen molar-refractivity contribution in [2.24, 2.45) is 10.2 Å². The fraction of sp³-hybridized carbons (Fsp3) is 0. The summed E-state index contributed by atoms with van der Waals surface area (Å²) in [7, 11) is -3.89. The highest BCUT2D eigenvalue weighted by Crippen LogP contribution is 2.33. The molecule has 2 rings (SSSR count). The summed E-state index contributed by atoms with van der Waals surface area (Å²) in [5, 5.41) is 6.67. The van der Waals surface area contributed by atoms with E-state index in [2.05, 4.69) is 20.1 Å². The summed E-state index contributed by atoms with van der Waals surface area (Å²) in [5.41, 5.74) is 17.0. The van der Waals surface area contributed by atoms with Crippen LogP contribution < -0.4 is 0 Å². The van der Waals surface area contributed by atoms with Gasteiger partial charge >= 0.3 is 0 Å². The van der Waals surface area contributed by atoms with Gasteiger partial charge in [0.25, 0.3) is 0 Å². The first-order valence-corrected chi connectivity index (χ1v) is 8.08. The van der Waals surface area contributed by atoms with Crippen LogP contribution in [0.2, 0.25) is 10.0 Å². The third kappa shape index (κ3) is 3.50. The lowest BCUT2D eigenvalue weighted by Crippen LogP contribution is -2.01. The van der Waals surface area contributed by atoms with Crippen LogP contribution in [0.1, 0.15) is 0 Å². The lowest BCUT2D eigenvalue weighted by atomic mass is 10.3. The van der Waals surface area contributed by atoms with Crippen LogP contribution in [-0.2, 0) is 9.84 Å². The largest absolute Gasteiger partial charge is 0.219 e. The van der Waals surface area contributed by atoms with Crippen molar-refractivity contribution in [3.63, 3.8) is 0 Å². The molecule has 11 heteroatoms. The average molecular weight is 369 g/mol. The zero-order valence-electron chi connectivity index (χ0n) is 11.1. The van der Waals surface area contributed by atoms with Gasteiger partial charge in [-0.25, -0.2) is 8.42 Å². The van der Waals surface area contributed by atoms with Gasteiger partial charge in [-0.05, 0) is 47.5 Å². The number of hydrogen-bond donors (Lipinski definition) is 0. The number of azide groups is 2. The Morgan fingerprint density at radius 1 is 0.826 bits per heavy atom. The van der Waals surface area contributed by atoms with E-state index in [0.29, 0.717) is 0 Å². The second-order valence-electron chi connectivity index (χ2n) is 4.11. The van der Waals surface area contributed by atoms with Crippen LogP contribution in [0.15, 0.2) is 56.4 Å². The highest BCUT2D eigenvalue weighted by molar-refractivity contribution is 7.91. The molecule has 8 nitrogen and oxygen atoms in total. The molecule has 0 aromatic heterocycles. The van der Waals surface area contributed by atoms with Crippen LogP contribution in [-0.4, -0.2) is 8.42 Å². The molecule has 0 bridgehead atoms. The van der Waals surface area contributed by atoms with Gasteiger partial charge in [0.15, 0.2) is 0 Å². The van der Waals surface area contributed by atoms with Crippen LogP contribution >= 0.6 is 23.2 Å². The number of rotatable bonds is 4. The lowest BCUT2D eigenvalue weighted by molar-refractivity contribution is 0.596. The smallest absolute Gasteiger partial charge is 0.206 e. The maximum Gasteiger partial charge on any atom is 0.206 e. The molecule has 0 saturated heterocycles. The van der Waals surface area contributed by atoms with E-state index in [-0.39, 0.29) is 31.2 Å². The van der Waals surface area contributed by atoms with Crippen molar-refractivity contribution >= 4 is 44.4 Å². The topological polar surface area (TPSA) is 132 Å². The quantitative estimate of drug-likeness (QED) is 0.388. The average Bonchev–Trinajstić information content (AvgIpc) is 2.51. The predicted octanol–water partition coefficient (Wildman–Crippen LogP) is 5.71. The number of sulfone groups is 1. The molecule has 23 heavy (non-hydrogen) atoms. The summed E-state index contributed by atoms with van der Waals surface area (Å²) >= 11 is 11.8. The van der Waals surface area contributed by atoms with E-state index in [1.165, 1.54) is 36.4 Å². The summed E-state index contributed by atoms with van der Waals surface area (Å²) in [4.78, 5) is 5.00. The highest BCUT2D eigenvalue weighted by Gasteiger charge is 2.19. The van der Waals surface area contributed by atoms with E-state index in [1.54, 1.807) is 0 Å². The molecule has 0 aliphatic carbocycles. The molecule has 0 aliphatic rings. The summed E-state index contributed by atoms with van der Waals surface area (Å²) in [6.07, 6.45) is 0. The summed E-state index contributed by atoms with van der Waals surface area (Å²) in [6.45, 7) is 0. The normalized spacial score (nSPS) is 10.5. The fourth-order valence-electron chi connectivity index (χ4n) is 1.70. The summed E-state index contributed by atoms with van der Waals surface area (Å²) in [5.74, 6) is 0. The van der Waals surface area contributed by atoms with Crippen LogP contribution in [0.3, 0.4) is 0 Å². The van der Waals surface area contributed by atoms with E-state index in [9.17, 15) is 8.42 Å². The second kappa shape index (κ2) is 6.78. The molecule has 0 spiro atoms. The third-order valence-electron chi connectivity index (χ3n) is 2.76. The SMILES string of the molecule is [N-]=[N+]=Nc1ccc(S(=O)(=O)c2ccc(N=[N+]=[N-])c(Cl)c2)cc1Cl. The Morgan fingerprint density at radius 2 is 1.22 bits per heavy atom. The van der Waals surface area contributed by atoms with Gasteiger partial charge in [-0.3, -0.25) is 0 Å². The molecule has 0 aliphatic heterocycles. The Labute approximate surface area is 140 Å². The lowest BCUT2D eigenvalue weighted by Gasteiger charge is -2.07. The van der Waals surface area contributed by atoms with E-state index >= 15 is 0 Å². The first kappa shape index (κ1) is 17.0. The molecular weight excluding hydrogens is 363 g/mol. The molecule has 116 valence electrons. The van der Waals surface area contributed by atoms with Crippen LogP contribution in [0, 0.1) is 0 Å².